The number of aromatic nitrogens is 2. The maximum atomic E-state index is 4.99. The van der Waals surface area contributed by atoms with E-state index in [0.29, 0.717) is 0 Å². The molecule has 9 aromatic rings. The van der Waals surface area contributed by atoms with E-state index in [0.717, 1.165) is 22.5 Å². The Balaban J connectivity index is 1.41. The molecule has 0 aliphatic rings. The molecular formula is C46H42B10N2. The predicted molar refractivity (Wildman–Crippen MR) is 284 cm³/mol. The first-order valence-corrected chi connectivity index (χ1v) is 20.7. The van der Waals surface area contributed by atoms with Gasteiger partial charge in [0.05, 0.1) is 16.7 Å². The second-order valence-corrected chi connectivity index (χ2v) is 16.6. The maximum Gasteiger partial charge on any atom is 0.139 e. The minimum atomic E-state index is 0.975. The summed E-state index contributed by atoms with van der Waals surface area (Å²) in [5, 5.41) is 4.97. The number of hydrogen-bond acceptors (Lipinski definition) is 1. The normalized spacial score (nSPS) is 11.5. The highest BCUT2D eigenvalue weighted by molar-refractivity contribution is 6.70. The molecule has 0 aliphatic heterocycles. The summed E-state index contributed by atoms with van der Waals surface area (Å²) in [6.07, 6.45) is 0. The van der Waals surface area contributed by atoms with Crippen molar-refractivity contribution in [3.63, 3.8) is 0 Å². The highest BCUT2D eigenvalue weighted by atomic mass is 15.1. The lowest BCUT2D eigenvalue weighted by Crippen LogP contribution is -2.55. The van der Waals surface area contributed by atoms with Gasteiger partial charge in [-0.15, -0.1) is 32.8 Å². The summed E-state index contributed by atoms with van der Waals surface area (Å²) < 4.78 is 2.32. The molecule has 266 valence electrons. The highest BCUT2D eigenvalue weighted by Gasteiger charge is 2.23. The first-order chi connectivity index (χ1) is 27.9. The van der Waals surface area contributed by atoms with Crippen LogP contribution in [0.2, 0.25) is 0 Å². The fraction of sp³-hybridized carbons (Fsp3) is 0.0217. The second-order valence-electron chi connectivity index (χ2n) is 16.6. The highest BCUT2D eigenvalue weighted by Crippen LogP contribution is 2.46. The van der Waals surface area contributed by atoms with Gasteiger partial charge in [-0.3, -0.25) is 4.57 Å². The van der Waals surface area contributed by atoms with Crippen molar-refractivity contribution in [2.24, 2.45) is 0 Å². The van der Waals surface area contributed by atoms with E-state index < -0.39 is 0 Å². The van der Waals surface area contributed by atoms with Crippen LogP contribution >= 0.6 is 0 Å². The quantitative estimate of drug-likeness (QED) is 0.128. The molecule has 0 saturated carbocycles. The molecule has 0 aliphatic carbocycles. The summed E-state index contributed by atoms with van der Waals surface area (Å²) in [6.45, 7) is 2.11. The minimum absolute atomic E-state index is 0.975. The summed E-state index contributed by atoms with van der Waals surface area (Å²) in [6, 6.07) is 42.9. The molecular weight excluding hydrogens is 689 g/mol. The molecule has 1 aromatic heterocycles. The van der Waals surface area contributed by atoms with Crippen molar-refractivity contribution < 1.29 is 0 Å². The van der Waals surface area contributed by atoms with E-state index >= 15 is 0 Å². The molecule has 0 fully saturated rings. The molecule has 58 heavy (non-hydrogen) atoms. The largest absolute Gasteiger partial charge is 0.296 e. The van der Waals surface area contributed by atoms with Crippen molar-refractivity contribution in [2.45, 2.75) is 6.92 Å². The lowest BCUT2D eigenvalue weighted by Gasteiger charge is -2.25. The minimum Gasteiger partial charge on any atom is -0.296 e. The van der Waals surface area contributed by atoms with Crippen LogP contribution < -0.4 is 54.6 Å². The Hall–Kier alpha value is -5.60. The van der Waals surface area contributed by atoms with Gasteiger partial charge in [0.2, 0.25) is 0 Å². The third kappa shape index (κ3) is 5.74. The third-order valence-electron chi connectivity index (χ3n) is 13.9. The SMILES string of the molecule is Bc1c(B)c(B)c(-c2cc(-c3c(B)c(B)c(B)c(B)c3B)cc(-c3c4ccccc4c(-c4ccccc4-n4c(C)nc5ccccc54)c4ccccc34)c2)c(B)c1B. The van der Waals surface area contributed by atoms with Gasteiger partial charge in [0.25, 0.3) is 0 Å². The van der Waals surface area contributed by atoms with E-state index in [2.05, 4.69) is 205 Å². The van der Waals surface area contributed by atoms with Crippen LogP contribution in [0.3, 0.4) is 0 Å². The fourth-order valence-corrected chi connectivity index (χ4v) is 9.99. The standard InChI is InChI=1S/C46H42B10N2/c1-21-57-30-15-7-9-17-32(30)58(21)31-16-8-6-14-29(31)36-27-12-4-2-10-25(27)33(26-11-3-5-13-28(26)36)22-18-23(34-37(47)41(51)45(55)42(52)38(34)48)20-24(19-22)35-39(49)43(53)46(56)44(54)40(35)50/h2-20H,47-56H2,1H3. The Bertz CT molecular complexity index is 3000. The molecule has 0 spiro atoms. The summed E-state index contributed by atoms with van der Waals surface area (Å²) in [5.74, 6) is 0.975. The first kappa shape index (κ1) is 37.9. The molecule has 12 heteroatoms. The van der Waals surface area contributed by atoms with Gasteiger partial charge in [-0.25, -0.2) is 4.98 Å². The topological polar surface area (TPSA) is 17.8 Å². The molecule has 8 aromatic carbocycles. The van der Waals surface area contributed by atoms with Crippen LogP contribution in [-0.4, -0.2) is 88.0 Å². The smallest absolute Gasteiger partial charge is 0.139 e. The lowest BCUT2D eigenvalue weighted by molar-refractivity contribution is 1.00. The molecule has 0 radical (unpaired) electrons. The predicted octanol–water partition coefficient (Wildman–Crippen LogP) is -5.11. The molecule has 0 unspecified atom stereocenters. The second kappa shape index (κ2) is 14.3. The van der Waals surface area contributed by atoms with Crippen molar-refractivity contribution in [1.82, 2.24) is 9.55 Å². The summed E-state index contributed by atoms with van der Waals surface area (Å²) in [5.41, 5.74) is 27.1. The van der Waals surface area contributed by atoms with Gasteiger partial charge in [0, 0.05) is 5.56 Å². The molecule has 2 nitrogen and oxygen atoms in total. The molecule has 0 N–H and O–H groups in total. The van der Waals surface area contributed by atoms with E-state index in [1.165, 1.54) is 121 Å². The zero-order chi connectivity index (χ0) is 40.7. The van der Waals surface area contributed by atoms with Crippen LogP contribution in [0.1, 0.15) is 5.82 Å². The Morgan fingerprint density at radius 1 is 0.379 bits per heavy atom. The Morgan fingerprint density at radius 2 is 0.741 bits per heavy atom. The molecule has 0 bridgehead atoms. The zero-order valence-corrected chi connectivity index (χ0v) is 35.9. The van der Waals surface area contributed by atoms with Gasteiger partial charge in [0.15, 0.2) is 0 Å². The van der Waals surface area contributed by atoms with Gasteiger partial charge in [0.1, 0.15) is 84.3 Å². The van der Waals surface area contributed by atoms with E-state index in [4.69, 9.17) is 4.98 Å². The summed E-state index contributed by atoms with van der Waals surface area (Å²) >= 11 is 0. The molecule has 0 amide bonds. The Kier molecular flexibility index (Phi) is 9.39. The number of benzene rings is 8. The van der Waals surface area contributed by atoms with Crippen LogP contribution in [0, 0.1) is 6.92 Å². The van der Waals surface area contributed by atoms with Gasteiger partial charge in [-0.05, 0) is 104 Å². The average molecular weight is 731 g/mol. The van der Waals surface area contributed by atoms with Gasteiger partial charge in [-0.1, -0.05) is 101 Å². The zero-order valence-electron chi connectivity index (χ0n) is 35.9. The lowest BCUT2D eigenvalue weighted by atomic mass is 9.59. The number of nitrogens with zero attached hydrogens (tertiary/aromatic N) is 2. The van der Waals surface area contributed by atoms with Crippen LogP contribution in [0.5, 0.6) is 0 Å². The Labute approximate surface area is 351 Å². The van der Waals surface area contributed by atoms with Gasteiger partial charge >= 0.3 is 0 Å². The fourth-order valence-electron chi connectivity index (χ4n) is 9.99. The van der Waals surface area contributed by atoms with Crippen molar-refractivity contribution in [2.75, 3.05) is 0 Å². The molecule has 9 rings (SSSR count). The number of rotatable bonds is 5. The van der Waals surface area contributed by atoms with Crippen molar-refractivity contribution >= 4 is 166 Å². The van der Waals surface area contributed by atoms with Crippen LogP contribution in [-0.2, 0) is 0 Å². The number of hydrogen-bond donors (Lipinski definition) is 0. The van der Waals surface area contributed by atoms with Crippen molar-refractivity contribution in [3.05, 3.63) is 121 Å². The molecule has 1 heterocycles. The van der Waals surface area contributed by atoms with Crippen molar-refractivity contribution in [1.29, 1.82) is 0 Å². The third-order valence-corrected chi connectivity index (χ3v) is 13.9. The van der Waals surface area contributed by atoms with E-state index in [-0.39, 0.29) is 0 Å². The number of imidazole rings is 1. The Morgan fingerprint density at radius 3 is 1.22 bits per heavy atom. The van der Waals surface area contributed by atoms with Gasteiger partial charge < -0.3 is 0 Å². The number of fused-ring (bicyclic) bond motifs is 3. The first-order valence-electron chi connectivity index (χ1n) is 20.7. The summed E-state index contributed by atoms with van der Waals surface area (Å²) in [4.78, 5) is 4.99. The van der Waals surface area contributed by atoms with Crippen LogP contribution in [0.25, 0.3) is 82.8 Å². The van der Waals surface area contributed by atoms with Gasteiger partial charge in [-0.2, -0.15) is 0 Å². The van der Waals surface area contributed by atoms with E-state index in [1.54, 1.807) is 0 Å². The van der Waals surface area contributed by atoms with E-state index in [9.17, 15) is 0 Å². The van der Waals surface area contributed by atoms with Crippen LogP contribution in [0.4, 0.5) is 0 Å². The van der Waals surface area contributed by atoms with Crippen LogP contribution in [0.15, 0.2) is 115 Å². The monoisotopic (exact) mass is 732 g/mol. The number of aryl methyl sites for hydroxylation is 1. The van der Waals surface area contributed by atoms with E-state index in [1.807, 2.05) is 0 Å². The maximum absolute atomic E-state index is 4.99. The van der Waals surface area contributed by atoms with Crippen molar-refractivity contribution in [3.8, 4) is 50.2 Å². The number of para-hydroxylation sites is 3. The summed E-state index contributed by atoms with van der Waals surface area (Å²) in [7, 11) is 23.0. The average Bonchev–Trinajstić information content (AvgIpc) is 3.58. The molecule has 0 saturated heterocycles. The molecule has 0 atom stereocenters.